The van der Waals surface area contributed by atoms with E-state index >= 15 is 0 Å². The molecule has 2 N–H and O–H groups in total. The highest BCUT2D eigenvalue weighted by Crippen LogP contribution is 2.30. The molecule has 0 fully saturated rings. The number of hydrogen-bond donors (Lipinski definition) is 1. The molecule has 0 aliphatic rings. The van der Waals surface area contributed by atoms with Crippen LogP contribution in [-0.2, 0) is 16.4 Å². The second kappa shape index (κ2) is 3.62. The Morgan fingerprint density at radius 2 is 2.14 bits per heavy atom. The van der Waals surface area contributed by atoms with E-state index in [1.807, 2.05) is 17.5 Å². The first-order valence-corrected chi connectivity index (χ1v) is 7.42. The second-order valence-electron chi connectivity index (χ2n) is 2.98. The van der Waals surface area contributed by atoms with Crippen molar-refractivity contribution in [3.63, 3.8) is 0 Å². The molecule has 0 amide bonds. The van der Waals surface area contributed by atoms with E-state index in [1.54, 1.807) is 22.7 Å². The van der Waals surface area contributed by atoms with Crippen LogP contribution >= 0.6 is 22.7 Å². The largest absolute Gasteiger partial charge is 0.229 e. The average molecular weight is 247 g/mol. The summed E-state index contributed by atoms with van der Waals surface area (Å²) in [5.41, 5.74) is 0. The number of fused-ring (bicyclic) bond motifs is 1. The summed E-state index contributed by atoms with van der Waals surface area (Å²) in [6, 6.07) is 4.08. The second-order valence-corrected chi connectivity index (χ2v) is 6.83. The van der Waals surface area contributed by atoms with Gasteiger partial charge in [-0.15, -0.1) is 22.7 Å². The van der Waals surface area contributed by atoms with Crippen LogP contribution in [0.3, 0.4) is 0 Å². The lowest BCUT2D eigenvalue weighted by molar-refractivity contribution is 0.597. The van der Waals surface area contributed by atoms with Gasteiger partial charge in [-0.25, -0.2) is 13.6 Å². The number of sulfonamides is 1. The van der Waals surface area contributed by atoms with Gasteiger partial charge in [-0.05, 0) is 23.9 Å². The third-order valence-corrected chi connectivity index (χ3v) is 4.75. The summed E-state index contributed by atoms with van der Waals surface area (Å²) in [5.74, 6) is 0.0285. The molecule has 14 heavy (non-hydrogen) atoms. The molecule has 0 aliphatic heterocycles. The summed E-state index contributed by atoms with van der Waals surface area (Å²) >= 11 is 3.31. The Bertz CT molecular complexity index is 509. The fraction of sp³-hybridized carbons (Fsp3) is 0.250. The number of hydrogen-bond acceptors (Lipinski definition) is 4. The van der Waals surface area contributed by atoms with Crippen LogP contribution in [0.25, 0.3) is 9.40 Å². The van der Waals surface area contributed by atoms with Crippen LogP contribution in [0.1, 0.15) is 4.88 Å². The van der Waals surface area contributed by atoms with Crippen LogP contribution in [0, 0.1) is 0 Å². The molecule has 3 nitrogen and oxygen atoms in total. The first kappa shape index (κ1) is 10.1. The number of primary sulfonamides is 1. The SMILES string of the molecule is NS(=O)(=O)CCc1cc2sccc2s1. The molecule has 2 aromatic rings. The summed E-state index contributed by atoms with van der Waals surface area (Å²) in [6.07, 6.45) is 0.519. The predicted molar refractivity (Wildman–Crippen MR) is 61.4 cm³/mol. The lowest BCUT2D eigenvalue weighted by Crippen LogP contribution is -2.17. The Kier molecular flexibility index (Phi) is 2.61. The summed E-state index contributed by atoms with van der Waals surface area (Å²) < 4.78 is 23.9. The highest BCUT2D eigenvalue weighted by atomic mass is 32.2. The van der Waals surface area contributed by atoms with Crippen LogP contribution in [-0.4, -0.2) is 14.2 Å². The molecule has 76 valence electrons. The zero-order valence-corrected chi connectivity index (χ0v) is 9.71. The van der Waals surface area contributed by atoms with E-state index in [-0.39, 0.29) is 5.75 Å². The molecular weight excluding hydrogens is 238 g/mol. The molecular formula is C8H9NO2S3. The van der Waals surface area contributed by atoms with E-state index in [0.29, 0.717) is 6.42 Å². The highest BCUT2D eigenvalue weighted by molar-refractivity contribution is 7.89. The maximum atomic E-state index is 10.7. The van der Waals surface area contributed by atoms with Crippen molar-refractivity contribution >= 4 is 42.1 Å². The molecule has 0 atom stereocenters. The topological polar surface area (TPSA) is 60.2 Å². The molecule has 0 bridgehead atoms. The third kappa shape index (κ3) is 2.33. The number of aryl methyl sites for hydroxylation is 1. The minimum Gasteiger partial charge on any atom is -0.229 e. The van der Waals surface area contributed by atoms with Crippen molar-refractivity contribution in [1.82, 2.24) is 0 Å². The Morgan fingerprint density at radius 1 is 1.36 bits per heavy atom. The Labute approximate surface area is 90.2 Å². The van der Waals surface area contributed by atoms with Gasteiger partial charge in [-0.1, -0.05) is 0 Å². The molecule has 0 unspecified atom stereocenters. The number of thiophene rings is 2. The van der Waals surface area contributed by atoms with E-state index in [2.05, 4.69) is 0 Å². The van der Waals surface area contributed by atoms with Crippen LogP contribution in [0.15, 0.2) is 17.5 Å². The van der Waals surface area contributed by atoms with Crippen LogP contribution in [0.2, 0.25) is 0 Å². The zero-order chi connectivity index (χ0) is 10.2. The highest BCUT2D eigenvalue weighted by Gasteiger charge is 2.07. The van der Waals surface area contributed by atoms with Crippen molar-refractivity contribution in [2.45, 2.75) is 6.42 Å². The van der Waals surface area contributed by atoms with Crippen molar-refractivity contribution in [2.75, 3.05) is 5.75 Å². The number of nitrogens with two attached hydrogens (primary N) is 1. The maximum Gasteiger partial charge on any atom is 0.209 e. The normalized spacial score (nSPS) is 12.4. The standard InChI is InChI=1S/C8H9NO2S3/c9-14(10,11)4-2-6-5-8-7(13-6)1-3-12-8/h1,3,5H,2,4H2,(H2,9,10,11). The molecule has 2 heterocycles. The average Bonchev–Trinajstić information content (AvgIpc) is 2.56. The van der Waals surface area contributed by atoms with Crippen molar-refractivity contribution in [2.24, 2.45) is 5.14 Å². The lowest BCUT2D eigenvalue weighted by Gasteiger charge is -1.94. The minimum absolute atomic E-state index is 0.0285. The summed E-state index contributed by atoms with van der Waals surface area (Å²) in [7, 11) is -3.33. The summed E-state index contributed by atoms with van der Waals surface area (Å²) in [6.45, 7) is 0. The zero-order valence-electron chi connectivity index (χ0n) is 7.26. The van der Waals surface area contributed by atoms with Crippen LogP contribution in [0.4, 0.5) is 0 Å². The molecule has 0 saturated carbocycles. The van der Waals surface area contributed by atoms with E-state index in [9.17, 15) is 8.42 Å². The molecule has 0 saturated heterocycles. The van der Waals surface area contributed by atoms with Gasteiger partial charge in [0, 0.05) is 14.3 Å². The van der Waals surface area contributed by atoms with E-state index in [4.69, 9.17) is 5.14 Å². The Morgan fingerprint density at radius 3 is 2.79 bits per heavy atom. The molecule has 0 aliphatic carbocycles. The van der Waals surface area contributed by atoms with Crippen molar-refractivity contribution in [3.05, 3.63) is 22.4 Å². The Balaban J connectivity index is 2.16. The molecule has 2 aromatic heterocycles. The Hall–Kier alpha value is -0.430. The van der Waals surface area contributed by atoms with Crippen molar-refractivity contribution in [3.8, 4) is 0 Å². The summed E-state index contributed by atoms with van der Waals surface area (Å²) in [5, 5.41) is 6.96. The van der Waals surface area contributed by atoms with Gasteiger partial charge in [0.05, 0.1) is 5.75 Å². The smallest absolute Gasteiger partial charge is 0.209 e. The van der Waals surface area contributed by atoms with Gasteiger partial charge in [0.25, 0.3) is 0 Å². The summed E-state index contributed by atoms with van der Waals surface area (Å²) in [4.78, 5) is 1.08. The van der Waals surface area contributed by atoms with Gasteiger partial charge in [0.15, 0.2) is 0 Å². The monoisotopic (exact) mass is 247 g/mol. The molecule has 6 heteroatoms. The molecule has 0 aromatic carbocycles. The van der Waals surface area contributed by atoms with Gasteiger partial charge >= 0.3 is 0 Å². The number of rotatable bonds is 3. The van der Waals surface area contributed by atoms with Gasteiger partial charge in [0.2, 0.25) is 10.0 Å². The maximum absolute atomic E-state index is 10.7. The van der Waals surface area contributed by atoms with Crippen LogP contribution < -0.4 is 5.14 Å². The quantitative estimate of drug-likeness (QED) is 0.899. The fourth-order valence-corrected chi connectivity index (χ4v) is 3.95. The predicted octanol–water partition coefficient (Wildman–Crippen LogP) is 1.79. The molecule has 0 radical (unpaired) electrons. The van der Waals surface area contributed by atoms with Gasteiger partial charge in [-0.3, -0.25) is 0 Å². The molecule has 2 rings (SSSR count). The van der Waals surface area contributed by atoms with E-state index in [0.717, 1.165) is 4.88 Å². The van der Waals surface area contributed by atoms with Crippen molar-refractivity contribution in [1.29, 1.82) is 0 Å². The first-order valence-electron chi connectivity index (χ1n) is 4.01. The lowest BCUT2D eigenvalue weighted by atomic mass is 10.4. The third-order valence-electron chi connectivity index (χ3n) is 1.82. The first-order chi connectivity index (χ1) is 6.54. The van der Waals surface area contributed by atoms with Crippen molar-refractivity contribution < 1.29 is 8.42 Å². The van der Waals surface area contributed by atoms with Gasteiger partial charge in [0.1, 0.15) is 0 Å². The van der Waals surface area contributed by atoms with E-state index < -0.39 is 10.0 Å². The minimum atomic E-state index is -3.33. The van der Waals surface area contributed by atoms with E-state index in [1.165, 1.54) is 9.40 Å². The van der Waals surface area contributed by atoms with Crippen LogP contribution in [0.5, 0.6) is 0 Å². The van der Waals surface area contributed by atoms with Gasteiger partial charge in [-0.2, -0.15) is 0 Å². The van der Waals surface area contributed by atoms with Gasteiger partial charge < -0.3 is 0 Å². The molecule has 0 spiro atoms. The fourth-order valence-electron chi connectivity index (χ4n) is 1.18.